The minimum atomic E-state index is -0.151. The lowest BCUT2D eigenvalue weighted by Gasteiger charge is -2.19. The largest absolute Gasteiger partial charge is 0.377 e. The minimum Gasteiger partial charge on any atom is -0.377 e. The van der Waals surface area contributed by atoms with Gasteiger partial charge in [0, 0.05) is 12.3 Å². The van der Waals surface area contributed by atoms with E-state index >= 15 is 0 Å². The van der Waals surface area contributed by atoms with Gasteiger partial charge < -0.3 is 15.0 Å². The van der Waals surface area contributed by atoms with E-state index in [0.29, 0.717) is 19.2 Å². The Kier molecular flexibility index (Phi) is 3.12. The van der Waals surface area contributed by atoms with Crippen molar-refractivity contribution in [2.24, 2.45) is 0 Å². The van der Waals surface area contributed by atoms with Gasteiger partial charge in [0.1, 0.15) is 6.04 Å². The topological polar surface area (TPSA) is 84.8 Å². The second-order valence-corrected chi connectivity index (χ2v) is 5.26. The highest BCUT2D eigenvalue weighted by Gasteiger charge is 2.31. The number of hydrogen-bond acceptors (Lipinski definition) is 5. The Bertz CT molecular complexity index is 823. The van der Waals surface area contributed by atoms with Crippen molar-refractivity contribution in [2.45, 2.75) is 12.1 Å². The molecular formula is C15H15N5O2. The number of nitrogens with one attached hydrogen (secondary N) is 2. The first kappa shape index (κ1) is 13.0. The molecule has 0 spiro atoms. The number of hydrogen-bond donors (Lipinski definition) is 2. The fourth-order valence-corrected chi connectivity index (χ4v) is 2.74. The van der Waals surface area contributed by atoms with Crippen LogP contribution in [0, 0.1) is 0 Å². The average Bonchev–Trinajstić information content (AvgIpc) is 3.14. The van der Waals surface area contributed by atoms with E-state index in [0.717, 1.165) is 11.0 Å². The maximum absolute atomic E-state index is 11.9. The van der Waals surface area contributed by atoms with Gasteiger partial charge in [0.15, 0.2) is 0 Å². The molecule has 22 heavy (non-hydrogen) atoms. The lowest BCUT2D eigenvalue weighted by Crippen LogP contribution is -2.37. The summed E-state index contributed by atoms with van der Waals surface area (Å²) >= 11 is 0. The summed E-state index contributed by atoms with van der Waals surface area (Å²) in [5, 5.41) is 7.46. The molecule has 7 heteroatoms. The van der Waals surface area contributed by atoms with Crippen LogP contribution in [0.3, 0.4) is 0 Å². The Hall–Kier alpha value is -2.67. The highest BCUT2D eigenvalue weighted by Crippen LogP contribution is 2.22. The van der Waals surface area contributed by atoms with E-state index in [1.807, 2.05) is 24.3 Å². The summed E-state index contributed by atoms with van der Waals surface area (Å²) in [6.45, 7) is 0.958. The third-order valence-electron chi connectivity index (χ3n) is 3.82. The van der Waals surface area contributed by atoms with Crippen LogP contribution in [0.4, 0.5) is 5.95 Å². The molecule has 112 valence electrons. The van der Waals surface area contributed by atoms with Crippen molar-refractivity contribution < 1.29 is 4.74 Å². The molecule has 1 aromatic carbocycles. The van der Waals surface area contributed by atoms with Crippen LogP contribution in [0.25, 0.3) is 11.0 Å². The predicted octanol–water partition coefficient (Wildman–Crippen LogP) is 1.17. The lowest BCUT2D eigenvalue weighted by molar-refractivity contribution is 0.182. The summed E-state index contributed by atoms with van der Waals surface area (Å²) in [6.07, 6.45) is 1.61. The number of imidazole rings is 1. The van der Waals surface area contributed by atoms with Gasteiger partial charge in [-0.3, -0.25) is 4.79 Å². The van der Waals surface area contributed by atoms with Gasteiger partial charge in [-0.2, -0.15) is 5.10 Å². The van der Waals surface area contributed by atoms with E-state index in [2.05, 4.69) is 20.4 Å². The zero-order valence-electron chi connectivity index (χ0n) is 11.8. The number of benzene rings is 1. The molecule has 0 bridgehead atoms. The van der Waals surface area contributed by atoms with Crippen molar-refractivity contribution in [2.75, 3.05) is 18.5 Å². The highest BCUT2D eigenvalue weighted by molar-refractivity contribution is 5.77. The molecule has 2 N–H and O–H groups in total. The molecule has 0 radical (unpaired) electrons. The number of nitrogens with zero attached hydrogens (tertiary/aromatic N) is 3. The average molecular weight is 297 g/mol. The predicted molar refractivity (Wildman–Crippen MR) is 81.9 cm³/mol. The van der Waals surface area contributed by atoms with Crippen LogP contribution in [0.15, 0.2) is 47.4 Å². The third-order valence-corrected chi connectivity index (χ3v) is 3.82. The van der Waals surface area contributed by atoms with Crippen molar-refractivity contribution in [1.29, 1.82) is 0 Å². The fourth-order valence-electron chi connectivity index (χ4n) is 2.74. The second kappa shape index (κ2) is 5.27. The van der Waals surface area contributed by atoms with Crippen LogP contribution in [0.1, 0.15) is 6.04 Å². The van der Waals surface area contributed by atoms with Crippen LogP contribution < -0.4 is 10.9 Å². The maximum atomic E-state index is 11.9. The number of rotatable bonds is 3. The molecule has 0 aliphatic carbocycles. The molecule has 1 fully saturated rings. The van der Waals surface area contributed by atoms with Gasteiger partial charge >= 0.3 is 0 Å². The Morgan fingerprint density at radius 2 is 2.14 bits per heavy atom. The first-order valence-corrected chi connectivity index (χ1v) is 7.14. The standard InChI is InChI=1S/C15H15N5O2/c21-14-6-3-7-16-20(14)13-9-22-8-12(13)19-15-17-10-4-1-2-5-11(10)18-15/h1-7,12-13H,8-9H2,(H2,17,18,19). The van der Waals surface area contributed by atoms with Crippen LogP contribution in [0.5, 0.6) is 0 Å². The Labute approximate surface area is 125 Å². The van der Waals surface area contributed by atoms with Gasteiger partial charge in [-0.05, 0) is 18.2 Å². The van der Waals surface area contributed by atoms with Gasteiger partial charge in [-0.1, -0.05) is 12.1 Å². The van der Waals surface area contributed by atoms with Crippen molar-refractivity contribution in [1.82, 2.24) is 19.7 Å². The number of H-pyrrole nitrogens is 1. The summed E-state index contributed by atoms with van der Waals surface area (Å²) in [5.74, 6) is 0.672. The van der Waals surface area contributed by atoms with Gasteiger partial charge in [-0.15, -0.1) is 0 Å². The van der Waals surface area contributed by atoms with Gasteiger partial charge in [0.2, 0.25) is 5.95 Å². The lowest BCUT2D eigenvalue weighted by atomic mass is 10.2. The highest BCUT2D eigenvalue weighted by atomic mass is 16.5. The van der Waals surface area contributed by atoms with Crippen molar-refractivity contribution in [3.63, 3.8) is 0 Å². The first-order chi connectivity index (χ1) is 10.8. The van der Waals surface area contributed by atoms with Crippen molar-refractivity contribution in [3.8, 4) is 0 Å². The SMILES string of the molecule is O=c1cccnn1C1COCC1Nc1nc2ccccc2[nH]1. The Morgan fingerprint density at radius 3 is 3.00 bits per heavy atom. The van der Waals surface area contributed by atoms with Gasteiger partial charge in [0.05, 0.1) is 30.3 Å². The zero-order chi connectivity index (χ0) is 14.9. The first-order valence-electron chi connectivity index (χ1n) is 7.14. The van der Waals surface area contributed by atoms with E-state index in [9.17, 15) is 4.79 Å². The molecular weight excluding hydrogens is 282 g/mol. The molecule has 2 unspecified atom stereocenters. The summed E-state index contributed by atoms with van der Waals surface area (Å²) in [7, 11) is 0. The van der Waals surface area contributed by atoms with Gasteiger partial charge in [-0.25, -0.2) is 9.67 Å². The second-order valence-electron chi connectivity index (χ2n) is 5.26. The Balaban J connectivity index is 1.61. The quantitative estimate of drug-likeness (QED) is 0.758. The molecule has 2 atom stereocenters. The number of aromatic amines is 1. The monoisotopic (exact) mass is 297 g/mol. The molecule has 2 aromatic heterocycles. The zero-order valence-corrected chi connectivity index (χ0v) is 11.8. The number of ether oxygens (including phenoxy) is 1. The van der Waals surface area contributed by atoms with Crippen LogP contribution >= 0.6 is 0 Å². The minimum absolute atomic E-state index is 0.0619. The van der Waals surface area contributed by atoms with Crippen LogP contribution in [0.2, 0.25) is 0 Å². The Morgan fingerprint density at radius 1 is 1.23 bits per heavy atom. The normalized spacial score (nSPS) is 21.3. The molecule has 7 nitrogen and oxygen atoms in total. The van der Waals surface area contributed by atoms with Crippen molar-refractivity contribution in [3.05, 3.63) is 52.9 Å². The molecule has 0 saturated carbocycles. The van der Waals surface area contributed by atoms with E-state index in [1.54, 1.807) is 12.3 Å². The smallest absolute Gasteiger partial charge is 0.267 e. The molecule has 1 aliphatic heterocycles. The number of fused-ring (bicyclic) bond motifs is 1. The summed E-state index contributed by atoms with van der Waals surface area (Å²) in [6, 6.07) is 10.7. The molecule has 1 aliphatic rings. The van der Waals surface area contributed by atoms with E-state index in [1.165, 1.54) is 10.7 Å². The fraction of sp³-hybridized carbons (Fsp3) is 0.267. The molecule has 1 saturated heterocycles. The van der Waals surface area contributed by atoms with E-state index < -0.39 is 0 Å². The van der Waals surface area contributed by atoms with E-state index in [4.69, 9.17) is 4.74 Å². The maximum Gasteiger partial charge on any atom is 0.267 e. The van der Waals surface area contributed by atoms with Crippen molar-refractivity contribution >= 4 is 17.0 Å². The summed E-state index contributed by atoms with van der Waals surface area (Å²) in [5.41, 5.74) is 1.74. The molecule has 3 aromatic rings. The number of anilines is 1. The summed E-state index contributed by atoms with van der Waals surface area (Å²) < 4.78 is 6.99. The number of aromatic nitrogens is 4. The third kappa shape index (κ3) is 2.25. The molecule has 0 amide bonds. The van der Waals surface area contributed by atoms with Crippen LogP contribution in [-0.4, -0.2) is 39.0 Å². The molecule has 3 heterocycles. The molecule has 4 rings (SSSR count). The number of para-hydroxylation sites is 2. The van der Waals surface area contributed by atoms with Crippen LogP contribution in [-0.2, 0) is 4.74 Å². The van der Waals surface area contributed by atoms with E-state index in [-0.39, 0.29) is 17.6 Å². The van der Waals surface area contributed by atoms with Gasteiger partial charge in [0.25, 0.3) is 5.56 Å². The summed E-state index contributed by atoms with van der Waals surface area (Å²) in [4.78, 5) is 19.7.